The van der Waals surface area contributed by atoms with E-state index in [0.29, 0.717) is 32.0 Å². The Balaban J connectivity index is 1.86. The summed E-state index contributed by atoms with van der Waals surface area (Å²) in [6, 6.07) is 1.83. The summed E-state index contributed by atoms with van der Waals surface area (Å²) in [5, 5.41) is 7.20. The highest BCUT2D eigenvalue weighted by Crippen LogP contribution is 2.29. The number of hydrogen-bond acceptors (Lipinski definition) is 6. The molecule has 1 fully saturated rings. The lowest BCUT2D eigenvalue weighted by molar-refractivity contribution is 0.0525. The Labute approximate surface area is 154 Å². The Morgan fingerprint density at radius 2 is 2.00 bits per heavy atom. The normalized spacial score (nSPS) is 17.2. The van der Waals surface area contributed by atoms with Crippen molar-refractivity contribution in [1.82, 2.24) is 19.4 Å². The second-order valence-electron chi connectivity index (χ2n) is 7.58. The van der Waals surface area contributed by atoms with Crippen LogP contribution in [0.3, 0.4) is 0 Å². The van der Waals surface area contributed by atoms with Crippen molar-refractivity contribution >= 4 is 21.9 Å². The number of nitrogens with two attached hydrogens (primary N) is 1. The van der Waals surface area contributed by atoms with Gasteiger partial charge >= 0.3 is 6.09 Å². The standard InChI is InChI=1S/C16H29N5O4S/c1-16(2,3)25-15(22)18-7-10-21-14(17)11-13(19-21)12-5-8-20(9-6-12)26(4,23)24/h11-12H,5-10,17H2,1-4H3,(H,18,22). The lowest BCUT2D eigenvalue weighted by Gasteiger charge is -2.29. The summed E-state index contributed by atoms with van der Waals surface area (Å²) < 4.78 is 31.5. The molecule has 10 heteroatoms. The quantitative estimate of drug-likeness (QED) is 0.781. The van der Waals surface area contributed by atoms with Gasteiger partial charge in [0.05, 0.1) is 18.5 Å². The average Bonchev–Trinajstić information content (AvgIpc) is 2.86. The van der Waals surface area contributed by atoms with Gasteiger partial charge in [0.25, 0.3) is 0 Å². The predicted molar refractivity (Wildman–Crippen MR) is 99.3 cm³/mol. The minimum atomic E-state index is -3.14. The van der Waals surface area contributed by atoms with Crippen LogP contribution in [0.5, 0.6) is 0 Å². The number of hydrogen-bond donors (Lipinski definition) is 2. The molecule has 1 amide bonds. The van der Waals surface area contributed by atoms with Gasteiger partial charge in [-0.2, -0.15) is 5.10 Å². The van der Waals surface area contributed by atoms with Gasteiger partial charge in [0.1, 0.15) is 11.4 Å². The molecule has 2 rings (SSSR count). The van der Waals surface area contributed by atoms with Crippen molar-refractivity contribution in [3.05, 3.63) is 11.8 Å². The number of amides is 1. The second kappa shape index (κ2) is 7.83. The van der Waals surface area contributed by atoms with E-state index in [2.05, 4.69) is 10.4 Å². The molecular formula is C16H29N5O4S. The molecule has 0 bridgehead atoms. The summed E-state index contributed by atoms with van der Waals surface area (Å²) in [5.74, 6) is 0.715. The molecule has 3 N–H and O–H groups in total. The third kappa shape index (κ3) is 5.87. The molecule has 0 aromatic carbocycles. The highest BCUT2D eigenvalue weighted by Gasteiger charge is 2.27. The minimum Gasteiger partial charge on any atom is -0.444 e. The van der Waals surface area contributed by atoms with Gasteiger partial charge in [0.2, 0.25) is 10.0 Å². The molecular weight excluding hydrogens is 358 g/mol. The van der Waals surface area contributed by atoms with Gasteiger partial charge in [-0.3, -0.25) is 0 Å². The molecule has 0 radical (unpaired) electrons. The van der Waals surface area contributed by atoms with Gasteiger partial charge in [-0.15, -0.1) is 0 Å². The number of ether oxygens (including phenoxy) is 1. The lowest BCUT2D eigenvalue weighted by Crippen LogP contribution is -2.37. The highest BCUT2D eigenvalue weighted by molar-refractivity contribution is 7.88. The molecule has 148 valence electrons. The Hall–Kier alpha value is -1.81. The first kappa shape index (κ1) is 20.5. The highest BCUT2D eigenvalue weighted by atomic mass is 32.2. The minimum absolute atomic E-state index is 0.190. The van der Waals surface area contributed by atoms with Crippen LogP contribution < -0.4 is 11.1 Å². The maximum atomic E-state index is 11.7. The fraction of sp³-hybridized carbons (Fsp3) is 0.750. The van der Waals surface area contributed by atoms with E-state index >= 15 is 0 Å². The summed E-state index contributed by atoms with van der Waals surface area (Å²) in [5.41, 5.74) is 6.34. The van der Waals surface area contributed by atoms with E-state index in [1.807, 2.05) is 6.07 Å². The van der Waals surface area contributed by atoms with Crippen molar-refractivity contribution in [2.75, 3.05) is 31.6 Å². The Bertz CT molecular complexity index is 730. The number of piperidine rings is 1. The molecule has 26 heavy (non-hydrogen) atoms. The summed E-state index contributed by atoms with van der Waals surface area (Å²) >= 11 is 0. The number of carbonyl (C=O) groups excluding carboxylic acids is 1. The maximum absolute atomic E-state index is 11.7. The summed E-state index contributed by atoms with van der Waals surface area (Å²) in [4.78, 5) is 11.7. The third-order valence-electron chi connectivity index (χ3n) is 4.16. The van der Waals surface area contributed by atoms with Crippen LogP contribution in [0.25, 0.3) is 0 Å². The van der Waals surface area contributed by atoms with Crippen LogP contribution >= 0.6 is 0 Å². The molecule has 1 aliphatic heterocycles. The zero-order valence-electron chi connectivity index (χ0n) is 15.9. The van der Waals surface area contributed by atoms with E-state index in [9.17, 15) is 13.2 Å². The molecule has 1 aliphatic rings. The molecule has 0 aliphatic carbocycles. The first-order valence-corrected chi connectivity index (χ1v) is 10.6. The van der Waals surface area contributed by atoms with Crippen LogP contribution in [-0.2, 0) is 21.3 Å². The molecule has 1 aromatic heterocycles. The molecule has 1 saturated heterocycles. The van der Waals surface area contributed by atoms with E-state index < -0.39 is 21.7 Å². The number of nitrogens with one attached hydrogen (secondary N) is 1. The van der Waals surface area contributed by atoms with Gasteiger partial charge < -0.3 is 15.8 Å². The first-order valence-electron chi connectivity index (χ1n) is 8.71. The second-order valence-corrected chi connectivity index (χ2v) is 9.56. The average molecular weight is 388 g/mol. The molecule has 0 saturated carbocycles. The van der Waals surface area contributed by atoms with E-state index in [1.54, 1.807) is 25.5 Å². The monoisotopic (exact) mass is 387 g/mol. The number of carbonyl (C=O) groups is 1. The van der Waals surface area contributed by atoms with Gasteiger partial charge in [-0.25, -0.2) is 22.2 Å². The van der Waals surface area contributed by atoms with Gasteiger partial charge in [-0.1, -0.05) is 0 Å². The molecule has 2 heterocycles. The number of anilines is 1. The van der Waals surface area contributed by atoms with Crippen molar-refractivity contribution in [3.63, 3.8) is 0 Å². The Morgan fingerprint density at radius 1 is 1.38 bits per heavy atom. The van der Waals surface area contributed by atoms with Crippen LogP contribution in [-0.4, -0.2) is 60.1 Å². The van der Waals surface area contributed by atoms with Gasteiger partial charge in [0, 0.05) is 31.6 Å². The number of sulfonamides is 1. The number of alkyl carbamates (subject to hydrolysis) is 1. The van der Waals surface area contributed by atoms with Crippen LogP contribution in [0.1, 0.15) is 45.2 Å². The van der Waals surface area contributed by atoms with Crippen molar-refractivity contribution in [2.45, 2.75) is 51.7 Å². The van der Waals surface area contributed by atoms with Crippen LogP contribution in [0.4, 0.5) is 10.6 Å². The SMILES string of the molecule is CC(C)(C)OC(=O)NCCn1nc(C2CCN(S(C)(=O)=O)CC2)cc1N. The number of nitrogens with zero attached hydrogens (tertiary/aromatic N) is 3. The smallest absolute Gasteiger partial charge is 0.407 e. The first-order chi connectivity index (χ1) is 12.0. The maximum Gasteiger partial charge on any atom is 0.407 e. The molecule has 9 nitrogen and oxygen atoms in total. The Morgan fingerprint density at radius 3 is 2.54 bits per heavy atom. The summed E-state index contributed by atoms with van der Waals surface area (Å²) in [7, 11) is -3.14. The topological polar surface area (TPSA) is 120 Å². The predicted octanol–water partition coefficient (Wildman–Crippen LogP) is 1.13. The summed E-state index contributed by atoms with van der Waals surface area (Å²) in [6.07, 6.45) is 2.20. The van der Waals surface area contributed by atoms with Crippen molar-refractivity contribution in [2.24, 2.45) is 0 Å². The summed E-state index contributed by atoms with van der Waals surface area (Å²) in [6.45, 7) is 7.20. The van der Waals surface area contributed by atoms with E-state index in [-0.39, 0.29) is 5.92 Å². The Kier molecular flexibility index (Phi) is 6.17. The van der Waals surface area contributed by atoms with Crippen molar-refractivity contribution < 1.29 is 17.9 Å². The molecule has 0 atom stereocenters. The van der Waals surface area contributed by atoms with Crippen molar-refractivity contribution in [3.8, 4) is 0 Å². The van der Waals surface area contributed by atoms with Crippen LogP contribution in [0.2, 0.25) is 0 Å². The fourth-order valence-electron chi connectivity index (χ4n) is 2.89. The molecule has 0 spiro atoms. The third-order valence-corrected chi connectivity index (χ3v) is 5.47. The van der Waals surface area contributed by atoms with Crippen LogP contribution in [0.15, 0.2) is 6.07 Å². The fourth-order valence-corrected chi connectivity index (χ4v) is 3.77. The zero-order valence-corrected chi connectivity index (χ0v) is 16.7. The zero-order chi connectivity index (χ0) is 19.5. The van der Waals surface area contributed by atoms with E-state index in [4.69, 9.17) is 10.5 Å². The number of nitrogen functional groups attached to an aromatic ring is 1. The number of rotatable bonds is 5. The lowest BCUT2D eigenvalue weighted by atomic mass is 9.95. The van der Waals surface area contributed by atoms with Gasteiger partial charge in [0.15, 0.2) is 0 Å². The van der Waals surface area contributed by atoms with Crippen molar-refractivity contribution in [1.29, 1.82) is 0 Å². The molecule has 1 aromatic rings. The van der Waals surface area contributed by atoms with Gasteiger partial charge in [-0.05, 0) is 33.6 Å². The molecule has 0 unspecified atom stereocenters. The number of aromatic nitrogens is 2. The largest absolute Gasteiger partial charge is 0.444 e. The van der Waals surface area contributed by atoms with E-state index in [1.165, 1.54) is 10.6 Å². The van der Waals surface area contributed by atoms with E-state index in [0.717, 1.165) is 18.5 Å². The van der Waals surface area contributed by atoms with Crippen LogP contribution in [0, 0.1) is 0 Å².